The van der Waals surface area contributed by atoms with Crippen molar-refractivity contribution in [3.63, 3.8) is 0 Å². The smallest absolute Gasteiger partial charge is 0.250 e. The fourth-order valence-electron chi connectivity index (χ4n) is 4.98. The predicted molar refractivity (Wildman–Crippen MR) is 159 cm³/mol. The van der Waals surface area contributed by atoms with Crippen molar-refractivity contribution in [1.82, 2.24) is 10.3 Å². The van der Waals surface area contributed by atoms with E-state index in [2.05, 4.69) is 34.3 Å². The first-order chi connectivity index (χ1) is 18.0. The molecule has 1 fully saturated rings. The van der Waals surface area contributed by atoms with Crippen molar-refractivity contribution >= 4 is 34.1 Å². The maximum Gasteiger partial charge on any atom is 0.250 e. The lowest BCUT2D eigenvalue weighted by Gasteiger charge is -2.27. The Labute approximate surface area is 227 Å². The predicted octanol–water partition coefficient (Wildman–Crippen LogP) is 8.19. The quantitative estimate of drug-likeness (QED) is 0.220. The van der Waals surface area contributed by atoms with Gasteiger partial charge in [-0.3, -0.25) is 4.79 Å². The molecule has 5 heteroatoms. The lowest BCUT2D eigenvalue weighted by Crippen LogP contribution is -2.32. The van der Waals surface area contributed by atoms with Crippen LogP contribution in [0.1, 0.15) is 52.4 Å². The molecule has 1 heterocycles. The van der Waals surface area contributed by atoms with Crippen molar-refractivity contribution in [2.45, 2.75) is 52.4 Å². The van der Waals surface area contributed by atoms with Crippen LogP contribution in [0.2, 0.25) is 5.02 Å². The summed E-state index contributed by atoms with van der Waals surface area (Å²) in [6.07, 6.45) is 23.2. The molecule has 1 unspecified atom stereocenters. The Morgan fingerprint density at radius 1 is 1.22 bits per heavy atom. The highest BCUT2D eigenvalue weighted by atomic mass is 35.5. The largest absolute Gasteiger partial charge is 0.366 e. The molecule has 0 bridgehead atoms. The van der Waals surface area contributed by atoms with Crippen LogP contribution < -0.4 is 10.6 Å². The summed E-state index contributed by atoms with van der Waals surface area (Å²) in [5, 5.41) is 9.24. The second-order valence-electron chi connectivity index (χ2n) is 9.60. The summed E-state index contributed by atoms with van der Waals surface area (Å²) in [5.41, 5.74) is 1.83. The minimum absolute atomic E-state index is 0.0584. The monoisotopic (exact) mass is 517 g/mol. The van der Waals surface area contributed by atoms with E-state index in [0.717, 1.165) is 23.0 Å². The van der Waals surface area contributed by atoms with Gasteiger partial charge in [0, 0.05) is 41.2 Å². The van der Waals surface area contributed by atoms with Crippen molar-refractivity contribution < 1.29 is 4.79 Å². The minimum Gasteiger partial charge on any atom is -0.366 e. The number of benzene rings is 1. The number of carbonyl (C=O) groups is 1. The maximum atomic E-state index is 13.0. The Bertz CT molecular complexity index is 1170. The fourth-order valence-corrected chi connectivity index (χ4v) is 5.16. The van der Waals surface area contributed by atoms with E-state index in [1.807, 2.05) is 68.5 Å². The molecule has 1 saturated carbocycles. The van der Waals surface area contributed by atoms with Crippen molar-refractivity contribution in [3.8, 4) is 0 Å². The van der Waals surface area contributed by atoms with Crippen molar-refractivity contribution in [1.29, 1.82) is 0 Å². The second-order valence-corrected chi connectivity index (χ2v) is 10.0. The van der Waals surface area contributed by atoms with E-state index in [4.69, 9.17) is 11.6 Å². The molecule has 0 aliphatic heterocycles. The van der Waals surface area contributed by atoms with Gasteiger partial charge in [0.25, 0.3) is 5.91 Å². The van der Waals surface area contributed by atoms with Gasteiger partial charge in [-0.05, 0) is 55.3 Å². The normalized spacial score (nSPS) is 16.4. The third-order valence-electron chi connectivity index (χ3n) is 7.03. The number of anilines is 1. The highest BCUT2D eigenvalue weighted by Crippen LogP contribution is 2.32. The molecule has 3 rings (SSSR count). The van der Waals surface area contributed by atoms with E-state index < -0.39 is 0 Å². The first-order valence-corrected chi connectivity index (χ1v) is 13.8. The van der Waals surface area contributed by atoms with Crippen LogP contribution in [0.4, 0.5) is 5.82 Å². The van der Waals surface area contributed by atoms with Gasteiger partial charge in [0.15, 0.2) is 0 Å². The van der Waals surface area contributed by atoms with Crippen LogP contribution in [0.25, 0.3) is 10.8 Å². The number of pyridine rings is 1. The summed E-state index contributed by atoms with van der Waals surface area (Å²) in [6, 6.07) is 7.73. The van der Waals surface area contributed by atoms with Crippen LogP contribution in [-0.4, -0.2) is 24.0 Å². The average molecular weight is 518 g/mol. The number of rotatable bonds is 12. The summed E-state index contributed by atoms with van der Waals surface area (Å²) in [7, 11) is 0. The molecule has 196 valence electrons. The molecule has 2 N–H and O–H groups in total. The van der Waals surface area contributed by atoms with Crippen LogP contribution >= 0.6 is 11.6 Å². The zero-order valence-electron chi connectivity index (χ0n) is 22.2. The molecular weight excluding hydrogens is 478 g/mol. The van der Waals surface area contributed by atoms with Crippen LogP contribution in [0.15, 0.2) is 90.7 Å². The number of aromatic nitrogens is 1. The minimum atomic E-state index is -0.0584. The van der Waals surface area contributed by atoms with Gasteiger partial charge in [0.05, 0.1) is 0 Å². The van der Waals surface area contributed by atoms with Gasteiger partial charge in [-0.25, -0.2) is 4.98 Å². The second kappa shape index (κ2) is 15.2. The van der Waals surface area contributed by atoms with Gasteiger partial charge < -0.3 is 10.6 Å². The van der Waals surface area contributed by atoms with Crippen LogP contribution in [0.3, 0.4) is 0 Å². The number of fused-ring (bicyclic) bond motifs is 1. The number of nitrogens with zero attached hydrogens (tertiary/aromatic N) is 1. The summed E-state index contributed by atoms with van der Waals surface area (Å²) >= 11 is 6.17. The van der Waals surface area contributed by atoms with E-state index in [0.29, 0.717) is 29.6 Å². The highest BCUT2D eigenvalue weighted by molar-refractivity contribution is 6.31. The molecule has 4 nitrogen and oxygen atoms in total. The van der Waals surface area contributed by atoms with E-state index in [-0.39, 0.29) is 11.8 Å². The number of hydrogen-bond donors (Lipinski definition) is 2. The summed E-state index contributed by atoms with van der Waals surface area (Å²) in [6.45, 7) is 9.10. The van der Waals surface area contributed by atoms with Gasteiger partial charge in [-0.2, -0.15) is 0 Å². The average Bonchev–Trinajstić information content (AvgIpc) is 2.92. The summed E-state index contributed by atoms with van der Waals surface area (Å²) in [5.74, 6) is 1.69. The van der Waals surface area contributed by atoms with Gasteiger partial charge in [-0.15, -0.1) is 0 Å². The molecule has 2 aromatic rings. The topological polar surface area (TPSA) is 54.0 Å². The Morgan fingerprint density at radius 2 is 2.03 bits per heavy atom. The standard InChI is InChI=1S/C32H40ClN3O/c1-4-7-14-25(5-2)28(21-24-12-9-8-10-13-24)23-36-32(37)26(6-3)15-11-19-34-31-30-22-29(33)17-16-27(30)18-20-35-31/h4-7,11,14-18,20,22,24,28H,2,8-10,12-13,19,21,23H2,1,3H3,(H,34,35)(H,36,37)/b7-4-,15-11-,25-14+,26-6+. The first kappa shape index (κ1) is 28.5. The molecular formula is C32H40ClN3O. The maximum absolute atomic E-state index is 13.0. The molecule has 37 heavy (non-hydrogen) atoms. The van der Waals surface area contributed by atoms with Gasteiger partial charge in [0.2, 0.25) is 0 Å². The molecule has 0 saturated heterocycles. The SMILES string of the molecule is C=C/C(=C\C=C/C)C(CNC(=O)C(/C=C\CNc1nccc2ccc(Cl)cc12)=C/C)CC1CCCCC1. The van der Waals surface area contributed by atoms with Crippen LogP contribution in [0.5, 0.6) is 0 Å². The zero-order chi connectivity index (χ0) is 26.5. The Balaban J connectivity index is 1.60. The van der Waals surface area contributed by atoms with Crippen molar-refractivity contribution in [2.24, 2.45) is 11.8 Å². The number of allylic oxidation sites excluding steroid dienone is 5. The summed E-state index contributed by atoms with van der Waals surface area (Å²) in [4.78, 5) is 17.5. The molecule has 0 radical (unpaired) electrons. The number of halogens is 1. The molecule has 1 atom stereocenters. The Morgan fingerprint density at radius 3 is 2.76 bits per heavy atom. The zero-order valence-corrected chi connectivity index (χ0v) is 22.9. The van der Waals surface area contributed by atoms with Crippen molar-refractivity contribution in [3.05, 3.63) is 95.7 Å². The number of nitrogens with one attached hydrogen (secondary N) is 2. The molecule has 1 aromatic carbocycles. The molecule has 1 aromatic heterocycles. The number of amides is 1. The molecule has 1 aliphatic rings. The lowest BCUT2D eigenvalue weighted by molar-refractivity contribution is -0.117. The van der Waals surface area contributed by atoms with E-state index >= 15 is 0 Å². The van der Waals surface area contributed by atoms with Crippen LogP contribution in [0, 0.1) is 11.8 Å². The van der Waals surface area contributed by atoms with Gasteiger partial charge >= 0.3 is 0 Å². The third kappa shape index (κ3) is 8.75. The molecule has 0 spiro atoms. The Hall–Kier alpha value is -3.11. The number of hydrogen-bond acceptors (Lipinski definition) is 3. The van der Waals surface area contributed by atoms with E-state index in [1.165, 1.54) is 37.7 Å². The highest BCUT2D eigenvalue weighted by Gasteiger charge is 2.21. The number of carbonyl (C=O) groups excluding carboxylic acids is 1. The third-order valence-corrected chi connectivity index (χ3v) is 7.26. The first-order valence-electron chi connectivity index (χ1n) is 13.4. The molecule has 1 amide bonds. The van der Waals surface area contributed by atoms with E-state index in [9.17, 15) is 4.79 Å². The lowest BCUT2D eigenvalue weighted by atomic mass is 9.80. The Kier molecular flexibility index (Phi) is 11.7. The molecule has 1 aliphatic carbocycles. The summed E-state index contributed by atoms with van der Waals surface area (Å²) < 4.78 is 0. The van der Waals surface area contributed by atoms with Gasteiger partial charge in [0.1, 0.15) is 5.82 Å². The van der Waals surface area contributed by atoms with Gasteiger partial charge in [-0.1, -0.05) is 98.9 Å². The van der Waals surface area contributed by atoms with Crippen LogP contribution in [-0.2, 0) is 4.79 Å². The van der Waals surface area contributed by atoms with Crippen molar-refractivity contribution in [2.75, 3.05) is 18.4 Å². The van der Waals surface area contributed by atoms with E-state index in [1.54, 1.807) is 6.20 Å². The fraction of sp³-hybridized carbons (Fsp3) is 0.375.